The first-order valence-corrected chi connectivity index (χ1v) is 27.9. The minimum atomic E-state index is -5.20. The molecule has 2 unspecified atom stereocenters. The van der Waals surface area contributed by atoms with E-state index in [0.29, 0.717) is 0 Å². The number of imidazole rings is 1. The van der Waals surface area contributed by atoms with Gasteiger partial charge in [-0.25, -0.2) is 28.5 Å². The summed E-state index contributed by atoms with van der Waals surface area (Å²) in [5.74, 6) is -1.18. The fourth-order valence-corrected chi connectivity index (χ4v) is 11.3. The Bertz CT molecular complexity index is 2440. The highest BCUT2D eigenvalue weighted by atomic mass is 31.2. The highest BCUT2D eigenvalue weighted by Crippen LogP contribution is 2.56. The van der Waals surface area contributed by atoms with Gasteiger partial charge in [0, 0.05) is 6.20 Å². The minimum absolute atomic E-state index is 0.0148. The van der Waals surface area contributed by atoms with E-state index < -0.39 is 116 Å². The van der Waals surface area contributed by atoms with Crippen LogP contribution in [0.2, 0.25) is 36.3 Å². The molecule has 10 atom stereocenters. The number of nitrogens with zero attached hydrogens (tertiary/aromatic N) is 6. The van der Waals surface area contributed by atoms with Crippen LogP contribution in [0.5, 0.6) is 0 Å². The molecule has 0 amide bonds. The molecule has 0 aromatic carbocycles. The Labute approximate surface area is 345 Å². The van der Waals surface area contributed by atoms with Gasteiger partial charge in [0.05, 0.1) is 24.9 Å². The second-order valence-corrected chi connectivity index (χ2v) is 30.4. The van der Waals surface area contributed by atoms with Crippen LogP contribution < -0.4 is 17.0 Å². The Hall–Kier alpha value is -3.01. The normalized spacial score (nSPS) is 32.5. The molecule has 27 heteroatoms. The van der Waals surface area contributed by atoms with Crippen LogP contribution in [0.4, 0.5) is 16.2 Å². The predicted molar refractivity (Wildman–Crippen MR) is 218 cm³/mol. The van der Waals surface area contributed by atoms with Gasteiger partial charge in [0.1, 0.15) is 48.8 Å². The number of ether oxygens (including phenoxy) is 2. The highest BCUT2D eigenvalue weighted by Gasteiger charge is 2.58. The van der Waals surface area contributed by atoms with Gasteiger partial charge < -0.3 is 44.1 Å². The van der Waals surface area contributed by atoms with Crippen LogP contribution in [0.1, 0.15) is 54.0 Å². The van der Waals surface area contributed by atoms with E-state index in [2.05, 4.69) is 24.9 Å². The smallest absolute Gasteiger partial charge is 0.408 e. The quantitative estimate of drug-likeness (QED) is 0.132. The number of hydrogen-bond acceptors (Lipinski definition) is 17. The van der Waals surface area contributed by atoms with E-state index in [-0.39, 0.29) is 34.0 Å². The molecule has 332 valence electrons. The van der Waals surface area contributed by atoms with Crippen molar-refractivity contribution in [2.75, 3.05) is 24.7 Å². The molecule has 7 heterocycles. The average molecular weight is 920 g/mol. The summed E-state index contributed by atoms with van der Waals surface area (Å²) >= 11 is 0. The van der Waals surface area contributed by atoms with E-state index in [4.69, 9.17) is 47.9 Å². The zero-order valence-corrected chi connectivity index (χ0v) is 38.5. The molecule has 0 aliphatic carbocycles. The van der Waals surface area contributed by atoms with Crippen molar-refractivity contribution >= 4 is 66.2 Å². The Morgan fingerprint density at radius 2 is 1.40 bits per heavy atom. The molecule has 22 nitrogen and oxygen atoms in total. The van der Waals surface area contributed by atoms with E-state index in [1.165, 1.54) is 15.5 Å². The Kier molecular flexibility index (Phi) is 11.5. The molecule has 7 N–H and O–H groups in total. The van der Waals surface area contributed by atoms with Gasteiger partial charge in [0.2, 0.25) is 5.95 Å². The van der Waals surface area contributed by atoms with Gasteiger partial charge in [-0.2, -0.15) is 4.98 Å². The Morgan fingerprint density at radius 1 is 0.833 bits per heavy atom. The summed E-state index contributed by atoms with van der Waals surface area (Å²) in [6.07, 6.45) is -7.65. The standard InChI is InChI=1S/C33H52FN9O13P2Si2/c1-32(2,3)59(7,8)55-22-18-13-50-57(45,46)53-21-17(12-49-58(47,48)54-23(22)29(52-18)43-15-39-20-27(43)40-31(36)41-28(20)44)51-30(24(21)56-60(9,10)33(4,5)6)42-11-16(34)19-25(35)37-14-38-26(19)42/h11,14-15,17-18,21-24,29-30H,12-13H2,1-10H3,(H,45,46)(H,47,48)(H2,35,37,38)(H3,36,40,41,44)/t17-,18-,21-,22-,23-,24-,29-,30-/m1/s1. The van der Waals surface area contributed by atoms with Crippen LogP contribution in [0, 0.1) is 5.82 Å². The van der Waals surface area contributed by atoms with Crippen molar-refractivity contribution < 1.29 is 59.7 Å². The number of nitrogens with one attached hydrogen (secondary N) is 1. The molecule has 3 aliphatic heterocycles. The molecule has 4 aromatic heterocycles. The summed E-state index contributed by atoms with van der Waals surface area (Å²) in [5, 5.41) is -0.953. The third-order valence-corrected chi connectivity index (χ3v) is 22.9. The third-order valence-electron chi connectivity index (χ3n) is 11.9. The van der Waals surface area contributed by atoms with Crippen LogP contribution in [0.15, 0.2) is 23.6 Å². The predicted octanol–water partition coefficient (Wildman–Crippen LogP) is 4.46. The molecule has 60 heavy (non-hydrogen) atoms. The fraction of sp³-hybridized carbons (Fsp3) is 0.667. The average Bonchev–Trinajstić information content (AvgIpc) is 3.85. The Morgan fingerprint density at radius 3 is 2.02 bits per heavy atom. The topological polar surface area (TPSA) is 295 Å². The zero-order chi connectivity index (χ0) is 44.1. The zero-order valence-electron chi connectivity index (χ0n) is 34.8. The molecular formula is C33H52FN9O13P2Si2. The summed E-state index contributed by atoms with van der Waals surface area (Å²) in [6.45, 7) is 18.0. The lowest BCUT2D eigenvalue weighted by molar-refractivity contribution is -0.0671. The molecule has 0 saturated carbocycles. The summed E-state index contributed by atoms with van der Waals surface area (Å²) in [6, 6.07) is 0. The van der Waals surface area contributed by atoms with E-state index >= 15 is 4.39 Å². The number of nitrogen functional groups attached to an aromatic ring is 2. The summed E-state index contributed by atoms with van der Waals surface area (Å²) in [4.78, 5) is 54.6. The van der Waals surface area contributed by atoms with E-state index in [1.807, 2.05) is 67.7 Å². The van der Waals surface area contributed by atoms with Crippen molar-refractivity contribution in [3.8, 4) is 0 Å². The molecule has 0 radical (unpaired) electrons. The van der Waals surface area contributed by atoms with Crippen molar-refractivity contribution in [2.24, 2.45) is 0 Å². The monoisotopic (exact) mass is 919 g/mol. The van der Waals surface area contributed by atoms with Crippen LogP contribution in [-0.4, -0.2) is 110 Å². The maximum absolute atomic E-state index is 15.5. The maximum Gasteiger partial charge on any atom is 0.472 e. The number of H-pyrrole nitrogens is 1. The maximum atomic E-state index is 15.5. The highest BCUT2D eigenvalue weighted by molar-refractivity contribution is 7.47. The van der Waals surface area contributed by atoms with E-state index in [1.54, 1.807) is 0 Å². The number of phosphoric acid groups is 2. The fourth-order valence-electron chi connectivity index (χ4n) is 6.76. The number of halogens is 1. The van der Waals surface area contributed by atoms with Crippen molar-refractivity contribution in [1.82, 2.24) is 34.1 Å². The van der Waals surface area contributed by atoms with Crippen LogP contribution >= 0.6 is 15.6 Å². The van der Waals surface area contributed by atoms with E-state index in [0.717, 1.165) is 12.5 Å². The summed E-state index contributed by atoms with van der Waals surface area (Å²) < 4.78 is 96.1. The number of nitrogens with two attached hydrogens (primary N) is 2. The largest absolute Gasteiger partial charge is 0.472 e. The number of phosphoric ester groups is 2. The molecule has 3 fully saturated rings. The van der Waals surface area contributed by atoms with Crippen LogP contribution in [-0.2, 0) is 45.6 Å². The van der Waals surface area contributed by atoms with E-state index in [9.17, 15) is 23.7 Å². The van der Waals surface area contributed by atoms with Gasteiger partial charge >= 0.3 is 15.6 Å². The SMILES string of the molecule is CC(C)(C)[Si](C)(C)O[C@@H]1[C@@H]2OP(=O)(O)OC[C@H]3O[C@@H](n4cnc5c(=O)[nH]c(N)nc54)[C@H](OP(=O)(O)OC[C@H]2O[C@H]1n1cc(F)c2c(N)ncnc21)[C@@H]3O[Si](C)(C)C(C)(C)C. The van der Waals surface area contributed by atoms with Crippen molar-refractivity contribution in [2.45, 2.75) is 127 Å². The Balaban J connectivity index is 1.32. The summed E-state index contributed by atoms with van der Waals surface area (Å²) in [7, 11) is -16.0. The summed E-state index contributed by atoms with van der Waals surface area (Å²) in [5.41, 5.74) is 11.1. The lowest BCUT2D eigenvalue weighted by atomic mass is 10.1. The second-order valence-electron chi connectivity index (χ2n) is 18.1. The number of aromatic nitrogens is 7. The molecule has 3 saturated heterocycles. The first-order chi connectivity index (χ1) is 27.6. The van der Waals surface area contributed by atoms with Crippen molar-refractivity contribution in [1.29, 1.82) is 0 Å². The second kappa shape index (κ2) is 15.4. The molecule has 4 aromatic rings. The molecule has 2 bridgehead atoms. The number of anilines is 2. The van der Waals surface area contributed by atoms with Crippen molar-refractivity contribution in [3.05, 3.63) is 35.0 Å². The van der Waals surface area contributed by atoms with Crippen molar-refractivity contribution in [3.63, 3.8) is 0 Å². The molecule has 7 rings (SSSR count). The van der Waals surface area contributed by atoms with Gasteiger partial charge in [0.25, 0.3) is 5.56 Å². The number of aromatic amines is 1. The van der Waals surface area contributed by atoms with Gasteiger partial charge in [-0.3, -0.25) is 32.4 Å². The number of fused-ring (bicyclic) bond motifs is 5. The number of hydrogen-bond donors (Lipinski definition) is 5. The molecule has 0 spiro atoms. The van der Waals surface area contributed by atoms with Crippen LogP contribution in [0.25, 0.3) is 22.2 Å². The number of rotatable bonds is 6. The van der Waals surface area contributed by atoms with Crippen LogP contribution in [0.3, 0.4) is 0 Å². The van der Waals surface area contributed by atoms with Gasteiger partial charge in [-0.15, -0.1) is 0 Å². The molecule has 3 aliphatic rings. The lowest BCUT2D eigenvalue weighted by Gasteiger charge is -2.41. The first kappa shape index (κ1) is 45.0. The molecular weight excluding hydrogens is 868 g/mol. The third kappa shape index (κ3) is 8.42. The van der Waals surface area contributed by atoms with Gasteiger partial charge in [0.15, 0.2) is 51.7 Å². The first-order valence-electron chi connectivity index (χ1n) is 19.1. The van der Waals surface area contributed by atoms with Gasteiger partial charge in [-0.05, 0) is 36.3 Å². The van der Waals surface area contributed by atoms with Gasteiger partial charge in [-0.1, -0.05) is 41.5 Å². The minimum Gasteiger partial charge on any atom is -0.408 e. The lowest BCUT2D eigenvalue weighted by Crippen LogP contribution is -2.50.